The Morgan fingerprint density at radius 3 is 2.82 bits per heavy atom. The number of rotatable bonds is 5. The summed E-state index contributed by atoms with van der Waals surface area (Å²) in [7, 11) is 1.61. The van der Waals surface area contributed by atoms with Crippen molar-refractivity contribution in [3.8, 4) is 5.75 Å². The number of aromatic hydroxyl groups is 1. The molecule has 0 aromatic heterocycles. The molecular formula is C13H19NO3. The number of phenols is 1. The molecule has 0 spiro atoms. The molecule has 94 valence electrons. The van der Waals surface area contributed by atoms with Crippen LogP contribution in [0.15, 0.2) is 18.2 Å². The molecule has 1 unspecified atom stereocenters. The van der Waals surface area contributed by atoms with Crippen molar-refractivity contribution in [1.82, 2.24) is 5.32 Å². The fourth-order valence-corrected chi connectivity index (χ4v) is 1.60. The maximum absolute atomic E-state index is 12.0. The van der Waals surface area contributed by atoms with Gasteiger partial charge in [-0.15, -0.1) is 0 Å². The summed E-state index contributed by atoms with van der Waals surface area (Å²) in [6.45, 7) is 4.20. The van der Waals surface area contributed by atoms with E-state index in [0.29, 0.717) is 17.7 Å². The highest BCUT2D eigenvalue weighted by Gasteiger charge is 2.15. The molecule has 1 amide bonds. The van der Waals surface area contributed by atoms with Crippen LogP contribution in [0.3, 0.4) is 0 Å². The molecule has 4 heteroatoms. The zero-order valence-corrected chi connectivity index (χ0v) is 10.5. The first-order chi connectivity index (χ1) is 8.10. The molecule has 0 radical (unpaired) electrons. The zero-order valence-electron chi connectivity index (χ0n) is 10.5. The second-order valence-corrected chi connectivity index (χ2v) is 3.98. The number of hydrogen-bond donors (Lipinski definition) is 2. The molecule has 0 bridgehead atoms. The lowest BCUT2D eigenvalue weighted by Gasteiger charge is -2.16. The topological polar surface area (TPSA) is 58.6 Å². The molecule has 1 atom stereocenters. The number of methoxy groups -OCH3 is 1. The highest BCUT2D eigenvalue weighted by atomic mass is 16.5. The van der Waals surface area contributed by atoms with Gasteiger partial charge in [0, 0.05) is 18.2 Å². The summed E-state index contributed by atoms with van der Waals surface area (Å²) >= 11 is 0. The summed E-state index contributed by atoms with van der Waals surface area (Å²) in [5.74, 6) is -0.0419. The molecule has 0 saturated heterocycles. The summed E-state index contributed by atoms with van der Waals surface area (Å²) in [5, 5.41) is 12.4. The van der Waals surface area contributed by atoms with Crippen molar-refractivity contribution in [2.75, 3.05) is 13.7 Å². The van der Waals surface area contributed by atoms with E-state index in [-0.39, 0.29) is 17.7 Å². The molecule has 0 fully saturated rings. The molecule has 0 aliphatic rings. The molecule has 2 N–H and O–H groups in total. The quantitative estimate of drug-likeness (QED) is 0.821. The second-order valence-electron chi connectivity index (χ2n) is 3.98. The van der Waals surface area contributed by atoms with Crippen molar-refractivity contribution in [1.29, 1.82) is 0 Å². The van der Waals surface area contributed by atoms with Gasteiger partial charge in [0.15, 0.2) is 0 Å². The van der Waals surface area contributed by atoms with Crippen LogP contribution in [0.4, 0.5) is 0 Å². The Balaban J connectivity index is 2.79. The summed E-state index contributed by atoms with van der Waals surface area (Å²) < 4.78 is 5.02. The lowest BCUT2D eigenvalue weighted by Crippen LogP contribution is -2.37. The van der Waals surface area contributed by atoms with Gasteiger partial charge in [0.2, 0.25) is 0 Å². The number of phenolic OH excluding ortho intramolecular Hbond substituents is 1. The zero-order chi connectivity index (χ0) is 12.8. The first-order valence-corrected chi connectivity index (χ1v) is 5.68. The van der Waals surface area contributed by atoms with Gasteiger partial charge in [-0.3, -0.25) is 4.79 Å². The Morgan fingerprint density at radius 1 is 1.53 bits per heavy atom. The van der Waals surface area contributed by atoms with Crippen LogP contribution < -0.4 is 5.32 Å². The standard InChI is InChI=1S/C13H19NO3/c1-4-10(8-17-3)14-13(16)11-6-5-7-12(15)9(11)2/h5-7,10,15H,4,8H2,1-3H3,(H,14,16). The Kier molecular flexibility index (Phi) is 4.97. The first-order valence-electron chi connectivity index (χ1n) is 5.68. The van der Waals surface area contributed by atoms with Crippen LogP contribution in [0.1, 0.15) is 29.3 Å². The molecule has 1 aromatic rings. The predicted octanol–water partition coefficient (Wildman–Crippen LogP) is 1.86. The predicted molar refractivity (Wildman–Crippen MR) is 66.3 cm³/mol. The molecular weight excluding hydrogens is 218 g/mol. The van der Waals surface area contributed by atoms with E-state index in [1.807, 2.05) is 6.92 Å². The summed E-state index contributed by atoms with van der Waals surface area (Å²) in [4.78, 5) is 12.0. The van der Waals surface area contributed by atoms with Gasteiger partial charge in [-0.25, -0.2) is 0 Å². The van der Waals surface area contributed by atoms with Gasteiger partial charge in [0.1, 0.15) is 5.75 Å². The Morgan fingerprint density at radius 2 is 2.24 bits per heavy atom. The fraction of sp³-hybridized carbons (Fsp3) is 0.462. The van der Waals surface area contributed by atoms with Gasteiger partial charge in [-0.2, -0.15) is 0 Å². The van der Waals surface area contributed by atoms with Crippen LogP contribution >= 0.6 is 0 Å². The van der Waals surface area contributed by atoms with Gasteiger partial charge in [0.05, 0.1) is 12.6 Å². The molecule has 4 nitrogen and oxygen atoms in total. The maximum atomic E-state index is 12.0. The van der Waals surface area contributed by atoms with E-state index in [2.05, 4.69) is 5.32 Å². The van der Waals surface area contributed by atoms with Crippen molar-refractivity contribution in [3.05, 3.63) is 29.3 Å². The second kappa shape index (κ2) is 6.25. The van der Waals surface area contributed by atoms with E-state index in [0.717, 1.165) is 6.42 Å². The van der Waals surface area contributed by atoms with Crippen molar-refractivity contribution in [3.63, 3.8) is 0 Å². The number of hydrogen-bond acceptors (Lipinski definition) is 3. The Bertz CT molecular complexity index is 390. The molecule has 1 aromatic carbocycles. The van der Waals surface area contributed by atoms with E-state index >= 15 is 0 Å². The minimum absolute atomic E-state index is 0.00533. The van der Waals surface area contributed by atoms with Gasteiger partial charge >= 0.3 is 0 Å². The van der Waals surface area contributed by atoms with E-state index < -0.39 is 0 Å². The van der Waals surface area contributed by atoms with Crippen LogP contribution in [-0.2, 0) is 4.74 Å². The average molecular weight is 237 g/mol. The van der Waals surface area contributed by atoms with Crippen LogP contribution in [-0.4, -0.2) is 30.8 Å². The average Bonchev–Trinajstić information content (AvgIpc) is 2.31. The number of benzene rings is 1. The number of amides is 1. The smallest absolute Gasteiger partial charge is 0.251 e. The van der Waals surface area contributed by atoms with Gasteiger partial charge in [-0.1, -0.05) is 13.0 Å². The molecule has 17 heavy (non-hydrogen) atoms. The van der Waals surface area contributed by atoms with Gasteiger partial charge in [-0.05, 0) is 25.5 Å². The molecule has 0 heterocycles. The Hall–Kier alpha value is -1.55. The van der Waals surface area contributed by atoms with Crippen LogP contribution in [0, 0.1) is 6.92 Å². The third-order valence-electron chi connectivity index (χ3n) is 2.75. The third-order valence-corrected chi connectivity index (χ3v) is 2.75. The van der Waals surface area contributed by atoms with Crippen molar-refractivity contribution in [2.45, 2.75) is 26.3 Å². The van der Waals surface area contributed by atoms with Crippen LogP contribution in [0.5, 0.6) is 5.75 Å². The minimum Gasteiger partial charge on any atom is -0.508 e. The SMILES string of the molecule is CCC(COC)NC(=O)c1cccc(O)c1C. The summed E-state index contributed by atoms with van der Waals surface area (Å²) in [6.07, 6.45) is 0.803. The lowest BCUT2D eigenvalue weighted by atomic mass is 10.1. The highest BCUT2D eigenvalue weighted by molar-refractivity contribution is 5.96. The minimum atomic E-state index is -0.178. The van der Waals surface area contributed by atoms with Crippen LogP contribution in [0.2, 0.25) is 0 Å². The van der Waals surface area contributed by atoms with E-state index in [4.69, 9.17) is 4.74 Å². The fourth-order valence-electron chi connectivity index (χ4n) is 1.60. The Labute approximate surface area is 102 Å². The van der Waals surface area contributed by atoms with Crippen molar-refractivity contribution < 1.29 is 14.6 Å². The molecule has 0 aliphatic carbocycles. The number of carbonyl (C=O) groups is 1. The summed E-state index contributed by atoms with van der Waals surface area (Å²) in [5.41, 5.74) is 1.09. The highest BCUT2D eigenvalue weighted by Crippen LogP contribution is 2.19. The molecule has 0 saturated carbocycles. The number of ether oxygens (including phenoxy) is 1. The van der Waals surface area contributed by atoms with Gasteiger partial charge in [0.25, 0.3) is 5.91 Å². The monoisotopic (exact) mass is 237 g/mol. The maximum Gasteiger partial charge on any atom is 0.251 e. The van der Waals surface area contributed by atoms with E-state index in [1.54, 1.807) is 32.2 Å². The number of carbonyl (C=O) groups excluding carboxylic acids is 1. The van der Waals surface area contributed by atoms with E-state index in [1.165, 1.54) is 0 Å². The largest absolute Gasteiger partial charge is 0.508 e. The molecule has 1 rings (SSSR count). The van der Waals surface area contributed by atoms with Crippen molar-refractivity contribution >= 4 is 5.91 Å². The van der Waals surface area contributed by atoms with Gasteiger partial charge < -0.3 is 15.2 Å². The third kappa shape index (κ3) is 3.46. The molecule has 0 aliphatic heterocycles. The first kappa shape index (κ1) is 13.5. The normalized spacial score (nSPS) is 12.2. The van der Waals surface area contributed by atoms with Crippen molar-refractivity contribution in [2.24, 2.45) is 0 Å². The number of nitrogens with one attached hydrogen (secondary N) is 1. The van der Waals surface area contributed by atoms with E-state index in [9.17, 15) is 9.90 Å². The summed E-state index contributed by atoms with van der Waals surface area (Å²) in [6, 6.07) is 4.92. The lowest BCUT2D eigenvalue weighted by molar-refractivity contribution is 0.0893. The van der Waals surface area contributed by atoms with Crippen LogP contribution in [0.25, 0.3) is 0 Å².